The van der Waals surface area contributed by atoms with Crippen LogP contribution in [0.5, 0.6) is 17.2 Å². The Bertz CT molecular complexity index is 1100. The molecule has 0 aromatic heterocycles. The van der Waals surface area contributed by atoms with Crippen LogP contribution in [0.3, 0.4) is 0 Å². The minimum Gasteiger partial charge on any atom is -0.486 e. The molecule has 0 saturated carbocycles. The summed E-state index contributed by atoms with van der Waals surface area (Å²) in [7, 11) is 0. The molecule has 3 heterocycles. The van der Waals surface area contributed by atoms with Gasteiger partial charge in [-0.05, 0) is 67.1 Å². The van der Waals surface area contributed by atoms with Crippen molar-refractivity contribution in [2.45, 2.75) is 50.5 Å². The first-order valence-electron chi connectivity index (χ1n) is 11.7. The van der Waals surface area contributed by atoms with E-state index in [9.17, 15) is 9.59 Å². The summed E-state index contributed by atoms with van der Waals surface area (Å²) in [5, 5.41) is 0. The van der Waals surface area contributed by atoms with Crippen LogP contribution in [0.4, 0.5) is 0 Å². The van der Waals surface area contributed by atoms with Crippen molar-refractivity contribution in [3.8, 4) is 17.2 Å². The number of carbonyl (C=O) groups is 2. The fourth-order valence-corrected chi connectivity index (χ4v) is 5.48. The Morgan fingerprint density at radius 2 is 1.59 bits per heavy atom. The zero-order chi connectivity index (χ0) is 21.7. The molecule has 3 aliphatic heterocycles. The summed E-state index contributed by atoms with van der Waals surface area (Å²) in [5.74, 6) is 2.20. The minimum absolute atomic E-state index is 0.0200. The van der Waals surface area contributed by atoms with E-state index in [4.69, 9.17) is 14.2 Å². The van der Waals surface area contributed by atoms with Gasteiger partial charge in [0.25, 0.3) is 5.91 Å². The van der Waals surface area contributed by atoms with E-state index in [-0.39, 0.29) is 11.7 Å². The Hall–Kier alpha value is -3.02. The molecule has 6 nitrogen and oxygen atoms in total. The van der Waals surface area contributed by atoms with Crippen LogP contribution in [0.1, 0.15) is 63.9 Å². The van der Waals surface area contributed by atoms with E-state index in [1.165, 1.54) is 24.0 Å². The van der Waals surface area contributed by atoms with Gasteiger partial charge in [0.15, 0.2) is 17.3 Å². The van der Waals surface area contributed by atoms with Crippen LogP contribution in [0.2, 0.25) is 0 Å². The lowest BCUT2D eigenvalue weighted by Gasteiger charge is -2.44. The highest BCUT2D eigenvalue weighted by Crippen LogP contribution is 2.42. The molecule has 2 aromatic carbocycles. The molecule has 0 bridgehead atoms. The second kappa shape index (κ2) is 7.54. The van der Waals surface area contributed by atoms with Gasteiger partial charge in [-0.3, -0.25) is 9.59 Å². The number of likely N-dealkylation sites (tertiary alicyclic amines) is 1. The lowest BCUT2D eigenvalue weighted by molar-refractivity contribution is -0.00580. The maximum atomic E-state index is 13.1. The van der Waals surface area contributed by atoms with Gasteiger partial charge in [-0.2, -0.15) is 0 Å². The molecule has 0 atom stereocenters. The van der Waals surface area contributed by atoms with Crippen molar-refractivity contribution in [2.75, 3.05) is 26.3 Å². The number of Topliss-reactive ketones (excluding diaryl/α,β-unsaturated/α-hetero) is 1. The second-order valence-corrected chi connectivity index (χ2v) is 9.36. The zero-order valence-corrected chi connectivity index (χ0v) is 18.2. The molecule has 1 spiro atoms. The first-order valence-corrected chi connectivity index (χ1v) is 11.7. The molecule has 0 unspecified atom stereocenters. The van der Waals surface area contributed by atoms with Gasteiger partial charge in [0.1, 0.15) is 24.6 Å². The van der Waals surface area contributed by atoms with Gasteiger partial charge < -0.3 is 19.1 Å². The van der Waals surface area contributed by atoms with Crippen LogP contribution < -0.4 is 14.2 Å². The highest BCUT2D eigenvalue weighted by Gasteiger charge is 2.44. The van der Waals surface area contributed by atoms with Gasteiger partial charge in [-0.15, -0.1) is 0 Å². The van der Waals surface area contributed by atoms with Gasteiger partial charge in [0, 0.05) is 31.5 Å². The number of nitrogens with zero attached hydrogens (tertiary/aromatic N) is 1. The predicted octanol–water partition coefficient (Wildman–Crippen LogP) is 3.98. The van der Waals surface area contributed by atoms with Crippen LogP contribution in [-0.4, -0.2) is 48.5 Å². The van der Waals surface area contributed by atoms with E-state index in [2.05, 4.69) is 12.1 Å². The van der Waals surface area contributed by atoms with Gasteiger partial charge in [0.2, 0.25) is 0 Å². The Labute approximate surface area is 187 Å². The SMILES string of the molecule is O=C1CC2(CCN(C(=O)c3ccc4c(c3)OCCO4)CC2)Oc2cc3c(cc21)CCCC3. The standard InChI is InChI=1S/C26H27NO5/c28-21-16-26(32-23-14-18-4-2-1-3-17(18)13-20(21)23)7-9-27(10-8-26)25(29)19-5-6-22-24(15-19)31-12-11-30-22/h5-6,13-15H,1-4,7-12,16H2. The fraction of sp³-hybridized carbons (Fsp3) is 0.462. The van der Waals surface area contributed by atoms with E-state index < -0.39 is 5.60 Å². The summed E-state index contributed by atoms with van der Waals surface area (Å²) in [6.07, 6.45) is 6.21. The number of rotatable bonds is 1. The number of benzene rings is 2. The maximum Gasteiger partial charge on any atom is 0.253 e. The van der Waals surface area contributed by atoms with E-state index in [0.717, 1.165) is 24.2 Å². The first kappa shape index (κ1) is 19.6. The molecule has 0 N–H and O–H groups in total. The van der Waals surface area contributed by atoms with Crippen LogP contribution in [0.25, 0.3) is 0 Å². The van der Waals surface area contributed by atoms with Crippen LogP contribution in [0, 0.1) is 0 Å². The molecular weight excluding hydrogens is 406 g/mol. The van der Waals surface area contributed by atoms with Crippen molar-refractivity contribution in [1.29, 1.82) is 0 Å². The summed E-state index contributed by atoms with van der Waals surface area (Å²) in [6, 6.07) is 9.53. The van der Waals surface area contributed by atoms with Crippen molar-refractivity contribution in [3.05, 3.63) is 52.6 Å². The van der Waals surface area contributed by atoms with E-state index in [1.54, 1.807) is 18.2 Å². The molecule has 6 rings (SSSR count). The minimum atomic E-state index is -0.503. The predicted molar refractivity (Wildman–Crippen MR) is 118 cm³/mol. The summed E-state index contributed by atoms with van der Waals surface area (Å²) in [6.45, 7) is 2.16. The van der Waals surface area contributed by atoms with Crippen molar-refractivity contribution in [3.63, 3.8) is 0 Å². The molecule has 1 aliphatic carbocycles. The Kier molecular flexibility index (Phi) is 4.63. The van der Waals surface area contributed by atoms with Crippen LogP contribution in [0.15, 0.2) is 30.3 Å². The smallest absolute Gasteiger partial charge is 0.253 e. The number of fused-ring (bicyclic) bond motifs is 3. The van der Waals surface area contributed by atoms with Gasteiger partial charge >= 0.3 is 0 Å². The third-order valence-corrected chi connectivity index (χ3v) is 7.30. The van der Waals surface area contributed by atoms with Gasteiger partial charge in [0.05, 0.1) is 12.0 Å². The third-order valence-electron chi connectivity index (χ3n) is 7.30. The van der Waals surface area contributed by atoms with E-state index in [0.29, 0.717) is 62.6 Å². The number of carbonyl (C=O) groups excluding carboxylic acids is 2. The Morgan fingerprint density at radius 1 is 0.875 bits per heavy atom. The Balaban J connectivity index is 1.18. The van der Waals surface area contributed by atoms with Crippen LogP contribution >= 0.6 is 0 Å². The van der Waals surface area contributed by atoms with Gasteiger partial charge in [-0.1, -0.05) is 0 Å². The molecule has 1 amide bonds. The highest BCUT2D eigenvalue weighted by molar-refractivity contribution is 6.01. The maximum absolute atomic E-state index is 13.1. The average molecular weight is 434 g/mol. The summed E-state index contributed by atoms with van der Waals surface area (Å²) < 4.78 is 17.7. The second-order valence-electron chi connectivity index (χ2n) is 9.36. The molecule has 2 aromatic rings. The van der Waals surface area contributed by atoms with Crippen molar-refractivity contribution in [2.24, 2.45) is 0 Å². The molecule has 1 saturated heterocycles. The lowest BCUT2D eigenvalue weighted by atomic mass is 9.80. The first-order chi connectivity index (χ1) is 15.6. The third kappa shape index (κ3) is 3.33. The summed E-state index contributed by atoms with van der Waals surface area (Å²) in [4.78, 5) is 28.0. The van der Waals surface area contributed by atoms with E-state index >= 15 is 0 Å². The largest absolute Gasteiger partial charge is 0.486 e. The fourth-order valence-electron chi connectivity index (χ4n) is 5.48. The normalized spacial score (nSPS) is 20.9. The number of aryl methyl sites for hydroxylation is 2. The quantitative estimate of drug-likeness (QED) is 0.681. The molecular formula is C26H27NO5. The molecule has 6 heteroatoms. The van der Waals surface area contributed by atoms with Crippen molar-refractivity contribution in [1.82, 2.24) is 4.90 Å². The number of ether oxygens (including phenoxy) is 3. The summed E-state index contributed by atoms with van der Waals surface area (Å²) in [5.41, 5.74) is 3.47. The van der Waals surface area contributed by atoms with Crippen molar-refractivity contribution < 1.29 is 23.8 Å². The monoisotopic (exact) mass is 433 g/mol. The molecule has 166 valence electrons. The molecule has 0 radical (unpaired) electrons. The lowest BCUT2D eigenvalue weighted by Crippen LogP contribution is -2.52. The number of ketones is 1. The number of amides is 1. The zero-order valence-electron chi connectivity index (χ0n) is 18.2. The van der Waals surface area contributed by atoms with E-state index in [1.807, 2.05) is 4.90 Å². The number of piperidine rings is 1. The number of hydrogen-bond donors (Lipinski definition) is 0. The van der Waals surface area contributed by atoms with Crippen LogP contribution in [-0.2, 0) is 12.8 Å². The average Bonchev–Trinajstić information content (AvgIpc) is 2.83. The number of hydrogen-bond acceptors (Lipinski definition) is 5. The van der Waals surface area contributed by atoms with Crippen molar-refractivity contribution >= 4 is 11.7 Å². The highest BCUT2D eigenvalue weighted by atomic mass is 16.6. The van der Waals surface area contributed by atoms with Gasteiger partial charge in [-0.25, -0.2) is 0 Å². The topological polar surface area (TPSA) is 65.1 Å². The summed E-state index contributed by atoms with van der Waals surface area (Å²) >= 11 is 0. The molecule has 1 fully saturated rings. The Morgan fingerprint density at radius 3 is 2.38 bits per heavy atom. The molecule has 32 heavy (non-hydrogen) atoms. The molecule has 4 aliphatic rings.